The molecule has 0 aliphatic carbocycles. The molecule has 0 aliphatic heterocycles. The lowest BCUT2D eigenvalue weighted by molar-refractivity contribution is -0.687. The first-order valence-electron chi connectivity index (χ1n) is 9.46. The molecule has 0 amide bonds. The summed E-state index contributed by atoms with van der Waals surface area (Å²) in [5, 5.41) is 3.34. The third-order valence-corrected chi connectivity index (χ3v) is 5.45. The minimum absolute atomic E-state index is 0.775. The normalized spacial score (nSPS) is 11.3. The van der Waals surface area contributed by atoms with E-state index in [1.165, 1.54) is 32.9 Å². The number of rotatable bonds is 4. The highest BCUT2D eigenvalue weighted by molar-refractivity contribution is 6.30. The van der Waals surface area contributed by atoms with E-state index in [1.54, 1.807) is 0 Å². The van der Waals surface area contributed by atoms with E-state index < -0.39 is 0 Å². The maximum Gasteiger partial charge on any atom is 0.193 e. The molecule has 0 atom stereocenters. The van der Waals surface area contributed by atoms with Crippen molar-refractivity contribution in [2.75, 3.05) is 0 Å². The number of halogens is 1. The highest BCUT2D eigenvalue weighted by atomic mass is 35.5. The molecule has 0 unspecified atom stereocenters. The molecule has 2 heterocycles. The van der Waals surface area contributed by atoms with Gasteiger partial charge in [0.15, 0.2) is 18.9 Å². The Hall–Kier alpha value is -3.10. The summed E-state index contributed by atoms with van der Waals surface area (Å²) in [6.45, 7) is 1.65. The lowest BCUT2D eigenvalue weighted by Gasteiger charge is -2.08. The van der Waals surface area contributed by atoms with E-state index in [9.17, 15) is 0 Å². The highest BCUT2D eigenvalue weighted by Gasteiger charge is 2.15. The zero-order valence-corrected chi connectivity index (χ0v) is 16.2. The number of fused-ring (bicyclic) bond motifs is 3. The molecule has 0 radical (unpaired) electrons. The Morgan fingerprint density at radius 2 is 1.46 bits per heavy atom. The monoisotopic (exact) mass is 383 g/mol. The summed E-state index contributed by atoms with van der Waals surface area (Å²) in [5.74, 6) is 0. The predicted molar refractivity (Wildman–Crippen MR) is 116 cm³/mol. The van der Waals surface area contributed by atoms with E-state index in [2.05, 4.69) is 88.3 Å². The quantitative estimate of drug-likeness (QED) is 0.345. The van der Waals surface area contributed by atoms with Crippen LogP contribution in [-0.4, -0.2) is 4.57 Å². The van der Waals surface area contributed by atoms with Gasteiger partial charge in [0.25, 0.3) is 0 Å². The van der Waals surface area contributed by atoms with Crippen LogP contribution in [0.25, 0.3) is 21.8 Å². The average molecular weight is 384 g/mol. The standard InChI is InChI=1S/C25H20ClN2/c26-21-10-6-9-20(15-21)17-28-24-12-5-4-11-22(24)23-13-14-27(18-25(23)28)16-19-7-2-1-3-8-19/h1-15,18H,16-17H2/q+1. The largest absolute Gasteiger partial charge is 0.331 e. The lowest BCUT2D eigenvalue weighted by Crippen LogP contribution is -2.33. The van der Waals surface area contributed by atoms with Crippen molar-refractivity contribution in [3.05, 3.63) is 113 Å². The maximum absolute atomic E-state index is 6.22. The van der Waals surface area contributed by atoms with Crippen LogP contribution < -0.4 is 4.57 Å². The molecule has 0 spiro atoms. The molecule has 0 bridgehead atoms. The van der Waals surface area contributed by atoms with Crippen molar-refractivity contribution in [2.24, 2.45) is 0 Å². The van der Waals surface area contributed by atoms with E-state index in [0.29, 0.717) is 0 Å². The van der Waals surface area contributed by atoms with Crippen molar-refractivity contribution >= 4 is 33.4 Å². The molecule has 3 heteroatoms. The van der Waals surface area contributed by atoms with Gasteiger partial charge in [-0.2, -0.15) is 4.57 Å². The van der Waals surface area contributed by atoms with E-state index in [0.717, 1.165) is 18.1 Å². The van der Waals surface area contributed by atoms with Crippen molar-refractivity contribution < 1.29 is 4.57 Å². The molecule has 5 rings (SSSR count). The fourth-order valence-electron chi connectivity index (χ4n) is 3.92. The van der Waals surface area contributed by atoms with Gasteiger partial charge in [-0.25, -0.2) is 0 Å². The first-order chi connectivity index (χ1) is 13.8. The SMILES string of the molecule is Clc1cccc(Cn2c3ccccc3c3cc[n+](Cc4ccccc4)cc32)c1. The molecule has 5 aromatic rings. The summed E-state index contributed by atoms with van der Waals surface area (Å²) >= 11 is 6.22. The van der Waals surface area contributed by atoms with E-state index in [-0.39, 0.29) is 0 Å². The third kappa shape index (κ3) is 3.17. The molecule has 2 aromatic heterocycles. The van der Waals surface area contributed by atoms with Gasteiger partial charge >= 0.3 is 0 Å². The van der Waals surface area contributed by atoms with Gasteiger partial charge in [-0.3, -0.25) is 0 Å². The highest BCUT2D eigenvalue weighted by Crippen LogP contribution is 2.29. The Balaban J connectivity index is 1.65. The zero-order chi connectivity index (χ0) is 18.9. The molecule has 0 fully saturated rings. The Labute approximate surface area is 169 Å². The summed E-state index contributed by atoms with van der Waals surface area (Å²) < 4.78 is 4.64. The summed E-state index contributed by atoms with van der Waals surface area (Å²) in [6, 6.07) is 29.5. The fourth-order valence-corrected chi connectivity index (χ4v) is 4.13. The van der Waals surface area contributed by atoms with Crippen molar-refractivity contribution in [3.63, 3.8) is 0 Å². The van der Waals surface area contributed by atoms with Crippen LogP contribution in [0.15, 0.2) is 97.3 Å². The predicted octanol–water partition coefficient (Wildman–Crippen LogP) is 5.83. The second-order valence-corrected chi connectivity index (χ2v) is 7.57. The molecular formula is C25H20ClN2+. The van der Waals surface area contributed by atoms with E-state index in [1.807, 2.05) is 18.2 Å². The smallest absolute Gasteiger partial charge is 0.193 e. The van der Waals surface area contributed by atoms with Gasteiger partial charge in [-0.05, 0) is 23.8 Å². The van der Waals surface area contributed by atoms with Gasteiger partial charge in [0, 0.05) is 39.5 Å². The van der Waals surface area contributed by atoms with Gasteiger partial charge in [0.05, 0.1) is 0 Å². The van der Waals surface area contributed by atoms with Gasteiger partial charge in [-0.1, -0.05) is 72.3 Å². The van der Waals surface area contributed by atoms with Gasteiger partial charge in [0.2, 0.25) is 0 Å². The number of para-hydroxylation sites is 1. The van der Waals surface area contributed by atoms with Crippen molar-refractivity contribution in [1.82, 2.24) is 4.57 Å². The molecule has 0 aliphatic rings. The Bertz CT molecular complexity index is 1270. The van der Waals surface area contributed by atoms with Crippen molar-refractivity contribution in [1.29, 1.82) is 0 Å². The van der Waals surface area contributed by atoms with Crippen LogP contribution in [0.1, 0.15) is 11.1 Å². The van der Waals surface area contributed by atoms with Crippen LogP contribution in [-0.2, 0) is 13.1 Å². The molecular weight excluding hydrogens is 364 g/mol. The summed E-state index contributed by atoms with van der Waals surface area (Å²) in [5.41, 5.74) is 4.98. The number of aromatic nitrogens is 2. The Kier molecular flexibility index (Phi) is 4.34. The molecule has 3 aromatic carbocycles. The van der Waals surface area contributed by atoms with Crippen LogP contribution in [0.3, 0.4) is 0 Å². The molecule has 0 saturated heterocycles. The van der Waals surface area contributed by atoms with Gasteiger partial charge < -0.3 is 4.57 Å². The third-order valence-electron chi connectivity index (χ3n) is 5.21. The molecule has 0 saturated carbocycles. The molecule has 2 nitrogen and oxygen atoms in total. The Morgan fingerprint density at radius 3 is 2.32 bits per heavy atom. The number of benzene rings is 3. The van der Waals surface area contributed by atoms with Crippen LogP contribution in [0.4, 0.5) is 0 Å². The maximum atomic E-state index is 6.22. The molecule has 136 valence electrons. The summed E-state index contributed by atoms with van der Waals surface area (Å²) in [6.07, 6.45) is 4.43. The lowest BCUT2D eigenvalue weighted by atomic mass is 10.2. The van der Waals surface area contributed by atoms with Crippen LogP contribution in [0.2, 0.25) is 5.02 Å². The summed E-state index contributed by atoms with van der Waals surface area (Å²) in [4.78, 5) is 0. The van der Waals surface area contributed by atoms with Gasteiger partial charge in [0.1, 0.15) is 5.52 Å². The van der Waals surface area contributed by atoms with Crippen molar-refractivity contribution in [3.8, 4) is 0 Å². The van der Waals surface area contributed by atoms with Crippen LogP contribution in [0.5, 0.6) is 0 Å². The second kappa shape index (κ2) is 7.14. The van der Waals surface area contributed by atoms with Crippen LogP contribution >= 0.6 is 11.6 Å². The number of pyridine rings is 1. The summed E-state index contributed by atoms with van der Waals surface area (Å²) in [7, 11) is 0. The minimum Gasteiger partial charge on any atom is -0.331 e. The Morgan fingerprint density at radius 1 is 0.714 bits per heavy atom. The van der Waals surface area contributed by atoms with Crippen molar-refractivity contribution in [2.45, 2.75) is 13.1 Å². The first kappa shape index (κ1) is 17.0. The van der Waals surface area contributed by atoms with E-state index in [4.69, 9.17) is 11.6 Å². The van der Waals surface area contributed by atoms with Gasteiger partial charge in [-0.15, -0.1) is 0 Å². The molecule has 28 heavy (non-hydrogen) atoms. The minimum atomic E-state index is 0.775. The topological polar surface area (TPSA) is 8.81 Å². The number of hydrogen-bond donors (Lipinski definition) is 0. The second-order valence-electron chi connectivity index (χ2n) is 7.13. The van der Waals surface area contributed by atoms with E-state index >= 15 is 0 Å². The molecule has 0 N–H and O–H groups in total. The first-order valence-corrected chi connectivity index (χ1v) is 9.84. The fraction of sp³-hybridized carbons (Fsp3) is 0.0800. The zero-order valence-electron chi connectivity index (χ0n) is 15.4. The average Bonchev–Trinajstić information content (AvgIpc) is 3.02. The van der Waals surface area contributed by atoms with Crippen LogP contribution in [0, 0.1) is 0 Å². The number of hydrogen-bond acceptors (Lipinski definition) is 0. The number of nitrogens with zero attached hydrogens (tertiary/aromatic N) is 2.